The Morgan fingerprint density at radius 1 is 1.50 bits per heavy atom. The van der Waals surface area contributed by atoms with Crippen molar-refractivity contribution in [3.8, 4) is 0 Å². The highest BCUT2D eigenvalue weighted by Crippen LogP contribution is 2.22. The van der Waals surface area contributed by atoms with E-state index >= 15 is 0 Å². The minimum Gasteiger partial charge on any atom is -0.394 e. The molecule has 1 aromatic rings. The van der Waals surface area contributed by atoms with Crippen LogP contribution in [0.1, 0.15) is 18.6 Å². The first-order chi connectivity index (χ1) is 9.67. The zero-order chi connectivity index (χ0) is 14.5. The van der Waals surface area contributed by atoms with Crippen molar-refractivity contribution in [2.45, 2.75) is 25.2 Å². The quantitative estimate of drug-likeness (QED) is 0.892. The maximum absolute atomic E-state index is 12.7. The van der Waals surface area contributed by atoms with Crippen LogP contribution in [0.15, 0.2) is 30.3 Å². The van der Waals surface area contributed by atoms with Gasteiger partial charge in [0.1, 0.15) is 0 Å². The zero-order valence-corrected chi connectivity index (χ0v) is 11.9. The van der Waals surface area contributed by atoms with Gasteiger partial charge in [-0.2, -0.15) is 0 Å². The molecule has 0 saturated carbocycles. The zero-order valence-electron chi connectivity index (χ0n) is 11.9. The Balaban J connectivity index is 2.15. The number of carbonyl (C=O) groups is 1. The molecular weight excluding hydrogens is 258 g/mol. The molecule has 0 radical (unpaired) electrons. The second kappa shape index (κ2) is 6.83. The van der Waals surface area contributed by atoms with Crippen LogP contribution in [0.4, 0.5) is 0 Å². The summed E-state index contributed by atoms with van der Waals surface area (Å²) in [4.78, 5) is 14.4. The van der Waals surface area contributed by atoms with Crippen molar-refractivity contribution in [3.05, 3.63) is 35.9 Å². The minimum atomic E-state index is -0.615. The number of benzene rings is 1. The van der Waals surface area contributed by atoms with Crippen LogP contribution >= 0.6 is 0 Å². The molecular formula is C15H21NO4. The van der Waals surface area contributed by atoms with E-state index in [2.05, 4.69) is 0 Å². The van der Waals surface area contributed by atoms with Crippen molar-refractivity contribution in [3.63, 3.8) is 0 Å². The highest BCUT2D eigenvalue weighted by atomic mass is 16.5. The first-order valence-electron chi connectivity index (χ1n) is 6.78. The molecule has 1 aromatic carbocycles. The van der Waals surface area contributed by atoms with Crippen LogP contribution in [0.5, 0.6) is 0 Å². The second-order valence-electron chi connectivity index (χ2n) is 5.00. The number of nitrogens with zero attached hydrogens (tertiary/aromatic N) is 1. The summed E-state index contributed by atoms with van der Waals surface area (Å²) in [5.74, 6) is -0.0899. The molecule has 0 spiro atoms. The predicted molar refractivity (Wildman–Crippen MR) is 74.2 cm³/mol. The second-order valence-corrected chi connectivity index (χ2v) is 5.00. The van der Waals surface area contributed by atoms with Gasteiger partial charge in [0.2, 0.25) is 0 Å². The van der Waals surface area contributed by atoms with E-state index in [1.165, 1.54) is 7.11 Å². The van der Waals surface area contributed by atoms with E-state index in [-0.39, 0.29) is 24.7 Å². The number of aliphatic hydroxyl groups is 1. The molecule has 5 heteroatoms. The van der Waals surface area contributed by atoms with E-state index in [1.807, 2.05) is 37.3 Å². The molecule has 1 amide bonds. The lowest BCUT2D eigenvalue weighted by atomic mass is 10.1. The number of rotatable bonds is 4. The van der Waals surface area contributed by atoms with Gasteiger partial charge in [-0.1, -0.05) is 30.3 Å². The average Bonchev–Trinajstić information content (AvgIpc) is 2.49. The number of amides is 1. The SMILES string of the molecule is CO[C@@H](C(=O)N1C[C@H](CO)OC[C@@H]1C)c1ccccc1. The summed E-state index contributed by atoms with van der Waals surface area (Å²) in [7, 11) is 1.53. The molecule has 1 heterocycles. The molecule has 1 N–H and O–H groups in total. The molecule has 1 saturated heterocycles. The van der Waals surface area contributed by atoms with Gasteiger partial charge in [0, 0.05) is 13.7 Å². The summed E-state index contributed by atoms with van der Waals surface area (Å²) >= 11 is 0. The Bertz CT molecular complexity index is 437. The molecule has 5 nitrogen and oxygen atoms in total. The molecule has 1 aliphatic rings. The molecule has 0 unspecified atom stereocenters. The highest BCUT2D eigenvalue weighted by molar-refractivity contribution is 5.82. The first kappa shape index (κ1) is 15.0. The predicted octanol–water partition coefficient (Wildman–Crippen LogP) is 0.982. The van der Waals surface area contributed by atoms with Gasteiger partial charge < -0.3 is 19.5 Å². The molecule has 0 aromatic heterocycles. The third-order valence-corrected chi connectivity index (χ3v) is 3.55. The average molecular weight is 279 g/mol. The van der Waals surface area contributed by atoms with E-state index in [4.69, 9.17) is 9.47 Å². The Kier molecular flexibility index (Phi) is 5.11. The monoisotopic (exact) mass is 279 g/mol. The number of hydrogen-bond acceptors (Lipinski definition) is 4. The van der Waals surface area contributed by atoms with Gasteiger partial charge in [0.05, 0.1) is 25.4 Å². The number of ether oxygens (including phenoxy) is 2. The van der Waals surface area contributed by atoms with E-state index in [0.29, 0.717) is 13.2 Å². The van der Waals surface area contributed by atoms with Gasteiger partial charge in [0.25, 0.3) is 5.91 Å². The molecule has 20 heavy (non-hydrogen) atoms. The number of carbonyl (C=O) groups excluding carboxylic acids is 1. The summed E-state index contributed by atoms with van der Waals surface area (Å²) < 4.78 is 10.8. The Labute approximate surface area is 119 Å². The minimum absolute atomic E-state index is 0.0216. The summed E-state index contributed by atoms with van der Waals surface area (Å²) in [6, 6.07) is 9.40. The normalized spacial score (nSPS) is 24.4. The molecule has 3 atom stereocenters. The summed E-state index contributed by atoms with van der Waals surface area (Å²) in [6.07, 6.45) is -0.931. The van der Waals surface area contributed by atoms with Crippen LogP contribution < -0.4 is 0 Å². The molecule has 2 rings (SSSR count). The largest absolute Gasteiger partial charge is 0.394 e. The fraction of sp³-hybridized carbons (Fsp3) is 0.533. The lowest BCUT2D eigenvalue weighted by Gasteiger charge is -2.39. The molecule has 110 valence electrons. The van der Waals surface area contributed by atoms with Crippen molar-refractivity contribution in [1.82, 2.24) is 4.90 Å². The van der Waals surface area contributed by atoms with E-state index in [1.54, 1.807) is 4.90 Å². The van der Waals surface area contributed by atoms with Gasteiger partial charge in [-0.3, -0.25) is 4.79 Å². The standard InChI is InChI=1S/C15H21NO4/c1-11-10-20-13(9-17)8-16(11)15(18)14(19-2)12-6-4-3-5-7-12/h3-7,11,13-14,17H,8-10H2,1-2H3/t11-,13+,14+/m0/s1. The van der Waals surface area contributed by atoms with Gasteiger partial charge in [-0.05, 0) is 12.5 Å². The topological polar surface area (TPSA) is 59.0 Å². The lowest BCUT2D eigenvalue weighted by molar-refractivity contribution is -0.156. The van der Waals surface area contributed by atoms with Crippen molar-refractivity contribution in [2.24, 2.45) is 0 Å². The van der Waals surface area contributed by atoms with Crippen molar-refractivity contribution in [1.29, 1.82) is 0 Å². The number of aliphatic hydroxyl groups excluding tert-OH is 1. The Hall–Kier alpha value is -1.43. The van der Waals surface area contributed by atoms with Crippen LogP contribution in [-0.2, 0) is 14.3 Å². The van der Waals surface area contributed by atoms with Crippen LogP contribution in [0.3, 0.4) is 0 Å². The fourth-order valence-corrected chi connectivity index (χ4v) is 2.39. The van der Waals surface area contributed by atoms with Crippen LogP contribution in [-0.4, -0.2) is 54.9 Å². The Morgan fingerprint density at radius 3 is 2.80 bits per heavy atom. The number of morpholine rings is 1. The van der Waals surface area contributed by atoms with E-state index in [9.17, 15) is 9.90 Å². The van der Waals surface area contributed by atoms with Gasteiger partial charge >= 0.3 is 0 Å². The molecule has 1 aliphatic heterocycles. The van der Waals surface area contributed by atoms with E-state index in [0.717, 1.165) is 5.56 Å². The smallest absolute Gasteiger partial charge is 0.256 e. The summed E-state index contributed by atoms with van der Waals surface area (Å²) in [5, 5.41) is 9.20. The van der Waals surface area contributed by atoms with Crippen LogP contribution in [0.2, 0.25) is 0 Å². The lowest BCUT2D eigenvalue weighted by Crippen LogP contribution is -2.53. The summed E-state index contributed by atoms with van der Waals surface area (Å²) in [5.41, 5.74) is 0.833. The summed E-state index contributed by atoms with van der Waals surface area (Å²) in [6.45, 7) is 2.67. The van der Waals surface area contributed by atoms with Crippen LogP contribution in [0, 0.1) is 0 Å². The van der Waals surface area contributed by atoms with Crippen molar-refractivity contribution in [2.75, 3.05) is 26.9 Å². The number of hydrogen-bond donors (Lipinski definition) is 1. The fourth-order valence-electron chi connectivity index (χ4n) is 2.39. The first-order valence-corrected chi connectivity index (χ1v) is 6.78. The van der Waals surface area contributed by atoms with Crippen molar-refractivity contribution >= 4 is 5.91 Å². The van der Waals surface area contributed by atoms with E-state index < -0.39 is 6.10 Å². The van der Waals surface area contributed by atoms with Gasteiger partial charge in [-0.25, -0.2) is 0 Å². The molecule has 1 fully saturated rings. The molecule has 0 aliphatic carbocycles. The number of methoxy groups -OCH3 is 1. The highest BCUT2D eigenvalue weighted by Gasteiger charge is 2.33. The molecule has 0 bridgehead atoms. The maximum Gasteiger partial charge on any atom is 0.256 e. The van der Waals surface area contributed by atoms with Gasteiger partial charge in [0.15, 0.2) is 6.10 Å². The third-order valence-electron chi connectivity index (χ3n) is 3.55. The third kappa shape index (κ3) is 3.17. The Morgan fingerprint density at radius 2 is 2.20 bits per heavy atom. The van der Waals surface area contributed by atoms with Crippen molar-refractivity contribution < 1.29 is 19.4 Å². The maximum atomic E-state index is 12.7. The van der Waals surface area contributed by atoms with Gasteiger partial charge in [-0.15, -0.1) is 0 Å². The van der Waals surface area contributed by atoms with Crippen LogP contribution in [0.25, 0.3) is 0 Å².